The number of carboxylic acid groups (broad SMARTS) is 1. The number of phosphoric acid groups is 1. The van der Waals surface area contributed by atoms with Gasteiger partial charge in [0.15, 0.2) is 6.61 Å². The van der Waals surface area contributed by atoms with E-state index in [1.54, 1.807) is 24.3 Å². The molecule has 22 heavy (non-hydrogen) atoms. The number of nitrogens with one attached hydrogen (secondary N) is 1. The molecule has 0 saturated carbocycles. The van der Waals surface area contributed by atoms with Crippen molar-refractivity contribution in [3.8, 4) is 0 Å². The Morgan fingerprint density at radius 3 is 2.50 bits per heavy atom. The van der Waals surface area contributed by atoms with E-state index in [-0.39, 0.29) is 19.8 Å². The van der Waals surface area contributed by atoms with Gasteiger partial charge in [0.25, 0.3) is 0 Å². The molecule has 0 aromatic heterocycles. The van der Waals surface area contributed by atoms with Crippen LogP contribution in [0.5, 0.6) is 0 Å². The number of benzene rings is 1. The van der Waals surface area contributed by atoms with Gasteiger partial charge >= 0.3 is 19.9 Å². The maximum Gasteiger partial charge on any atom is 0.472 e. The third kappa shape index (κ3) is 8.38. The van der Waals surface area contributed by atoms with Crippen LogP contribution >= 0.6 is 7.82 Å². The molecule has 0 spiro atoms. The fraction of sp³-hybridized carbons (Fsp3) is 0.333. The summed E-state index contributed by atoms with van der Waals surface area (Å²) in [5.74, 6) is -1.40. The van der Waals surface area contributed by atoms with Crippen LogP contribution in [0.15, 0.2) is 30.3 Å². The van der Waals surface area contributed by atoms with Crippen LogP contribution in [0.2, 0.25) is 0 Å². The molecule has 0 fully saturated rings. The monoisotopic (exact) mass is 333 g/mol. The molecular weight excluding hydrogens is 317 g/mol. The number of rotatable bonds is 9. The van der Waals surface area contributed by atoms with Gasteiger partial charge in [0.05, 0.1) is 6.61 Å². The van der Waals surface area contributed by atoms with Crippen LogP contribution in [0.4, 0.5) is 4.79 Å². The molecule has 122 valence electrons. The summed E-state index contributed by atoms with van der Waals surface area (Å²) in [5, 5.41) is 10.6. The van der Waals surface area contributed by atoms with Gasteiger partial charge in [0.1, 0.15) is 6.61 Å². The molecule has 3 N–H and O–H groups in total. The summed E-state index contributed by atoms with van der Waals surface area (Å²) in [5.41, 5.74) is 0.816. The number of ether oxygens (including phenoxy) is 1. The largest absolute Gasteiger partial charge is 0.480 e. The van der Waals surface area contributed by atoms with Gasteiger partial charge in [-0.1, -0.05) is 30.3 Å². The van der Waals surface area contributed by atoms with Crippen LogP contribution in [-0.2, 0) is 29.8 Å². The van der Waals surface area contributed by atoms with E-state index in [2.05, 4.69) is 14.4 Å². The van der Waals surface area contributed by atoms with E-state index in [9.17, 15) is 14.2 Å². The van der Waals surface area contributed by atoms with Gasteiger partial charge in [-0.25, -0.2) is 14.2 Å². The summed E-state index contributed by atoms with van der Waals surface area (Å²) >= 11 is 0. The Morgan fingerprint density at radius 1 is 1.18 bits per heavy atom. The Balaban J connectivity index is 2.14. The first-order valence-corrected chi connectivity index (χ1v) is 7.67. The molecule has 0 aliphatic rings. The summed E-state index contributed by atoms with van der Waals surface area (Å²) in [6.45, 7) is -1.31. The zero-order valence-corrected chi connectivity index (χ0v) is 12.4. The number of phosphoric ester groups is 1. The smallest absolute Gasteiger partial charge is 0.472 e. The summed E-state index contributed by atoms with van der Waals surface area (Å²) in [6, 6.07) is 9.03. The Kier molecular flexibility index (Phi) is 7.55. The fourth-order valence-electron chi connectivity index (χ4n) is 1.26. The first-order chi connectivity index (χ1) is 10.4. The van der Waals surface area contributed by atoms with E-state index in [0.29, 0.717) is 0 Å². The van der Waals surface area contributed by atoms with Crippen molar-refractivity contribution in [2.75, 3.05) is 19.8 Å². The first kappa shape index (κ1) is 18.1. The lowest BCUT2D eigenvalue weighted by molar-refractivity contribution is -0.139. The molecule has 0 saturated heterocycles. The second-order valence-corrected chi connectivity index (χ2v) is 5.41. The van der Waals surface area contributed by atoms with Crippen molar-refractivity contribution >= 4 is 19.9 Å². The van der Waals surface area contributed by atoms with Crippen molar-refractivity contribution in [1.82, 2.24) is 5.32 Å². The summed E-state index contributed by atoms with van der Waals surface area (Å²) in [4.78, 5) is 30.6. The van der Waals surface area contributed by atoms with Crippen LogP contribution in [-0.4, -0.2) is 41.8 Å². The van der Waals surface area contributed by atoms with Gasteiger partial charge in [-0.05, 0) is 5.56 Å². The molecular formula is C12H16NO8P. The minimum Gasteiger partial charge on any atom is -0.480 e. The highest BCUT2D eigenvalue weighted by Crippen LogP contribution is 2.42. The molecule has 1 rings (SSSR count). The molecule has 1 amide bonds. The molecule has 1 aromatic carbocycles. The molecule has 9 nitrogen and oxygen atoms in total. The molecule has 10 heteroatoms. The van der Waals surface area contributed by atoms with Crippen LogP contribution in [0, 0.1) is 0 Å². The third-order valence-corrected chi connectivity index (χ3v) is 3.15. The van der Waals surface area contributed by atoms with Gasteiger partial charge in [-0.3, -0.25) is 9.05 Å². The minimum atomic E-state index is -4.44. The Labute approximate surface area is 126 Å². The lowest BCUT2D eigenvalue weighted by Crippen LogP contribution is -2.27. The van der Waals surface area contributed by atoms with Gasteiger partial charge in [-0.15, -0.1) is 0 Å². The zero-order chi connectivity index (χ0) is 16.4. The number of hydrogen-bond donors (Lipinski definition) is 3. The van der Waals surface area contributed by atoms with Crippen molar-refractivity contribution in [3.63, 3.8) is 0 Å². The highest BCUT2D eigenvalue weighted by atomic mass is 31.2. The minimum absolute atomic E-state index is 0.0910. The molecule has 1 aromatic rings. The SMILES string of the molecule is O=C(O)COP(=O)(O)OCCNC(=O)OCc1ccccc1. The number of hydrogen-bond acceptors (Lipinski definition) is 6. The average molecular weight is 333 g/mol. The van der Waals surface area contributed by atoms with Gasteiger partial charge in [0.2, 0.25) is 0 Å². The van der Waals surface area contributed by atoms with Crippen LogP contribution in [0.25, 0.3) is 0 Å². The van der Waals surface area contributed by atoms with E-state index in [0.717, 1.165) is 5.56 Å². The predicted octanol–water partition coefficient (Wildman–Crippen LogP) is 1.13. The van der Waals surface area contributed by atoms with Gasteiger partial charge in [-0.2, -0.15) is 0 Å². The van der Waals surface area contributed by atoms with Crippen LogP contribution < -0.4 is 5.32 Å². The normalized spacial score (nSPS) is 13.1. The second-order valence-electron chi connectivity index (χ2n) is 3.96. The first-order valence-electron chi connectivity index (χ1n) is 6.17. The predicted molar refractivity (Wildman–Crippen MR) is 74.0 cm³/mol. The van der Waals surface area contributed by atoms with Crippen molar-refractivity contribution in [3.05, 3.63) is 35.9 Å². The highest BCUT2D eigenvalue weighted by molar-refractivity contribution is 7.47. The Morgan fingerprint density at radius 2 is 1.86 bits per heavy atom. The third-order valence-electron chi connectivity index (χ3n) is 2.19. The maximum atomic E-state index is 11.3. The zero-order valence-electron chi connectivity index (χ0n) is 11.5. The molecule has 1 atom stereocenters. The maximum absolute atomic E-state index is 11.3. The van der Waals surface area contributed by atoms with Crippen molar-refractivity contribution in [1.29, 1.82) is 0 Å². The molecule has 0 heterocycles. The van der Waals surface area contributed by atoms with E-state index < -0.39 is 26.5 Å². The fourth-order valence-corrected chi connectivity index (χ4v) is 1.93. The number of aliphatic carboxylic acids is 1. The summed E-state index contributed by atoms with van der Waals surface area (Å²) in [6.07, 6.45) is -0.716. The molecule has 0 aliphatic heterocycles. The second kappa shape index (κ2) is 9.16. The number of carbonyl (C=O) groups is 2. The van der Waals surface area contributed by atoms with E-state index in [1.165, 1.54) is 0 Å². The van der Waals surface area contributed by atoms with E-state index >= 15 is 0 Å². The number of alkyl carbamates (subject to hydrolysis) is 1. The standard InChI is InChI=1S/C12H16NO8P/c14-11(15)9-21-22(17,18)20-7-6-13-12(16)19-8-10-4-2-1-3-5-10/h1-5H,6-9H2,(H,13,16)(H,14,15)(H,17,18). The number of carboxylic acids is 1. The summed E-state index contributed by atoms with van der Waals surface area (Å²) < 4.78 is 24.7. The number of carbonyl (C=O) groups excluding carboxylic acids is 1. The quantitative estimate of drug-likeness (QED) is 0.453. The van der Waals surface area contributed by atoms with E-state index in [4.69, 9.17) is 14.7 Å². The lowest BCUT2D eigenvalue weighted by atomic mass is 10.2. The van der Waals surface area contributed by atoms with E-state index in [1.807, 2.05) is 6.07 Å². The van der Waals surface area contributed by atoms with Crippen molar-refractivity contribution in [2.45, 2.75) is 6.61 Å². The molecule has 0 bridgehead atoms. The summed E-state index contributed by atoms with van der Waals surface area (Å²) in [7, 11) is -4.44. The highest BCUT2D eigenvalue weighted by Gasteiger charge is 2.22. The van der Waals surface area contributed by atoms with Crippen LogP contribution in [0.1, 0.15) is 5.56 Å². The average Bonchev–Trinajstić information content (AvgIpc) is 2.49. The van der Waals surface area contributed by atoms with Gasteiger partial charge < -0.3 is 20.1 Å². The lowest BCUT2D eigenvalue weighted by Gasteiger charge is -2.11. The van der Waals surface area contributed by atoms with Crippen LogP contribution in [0.3, 0.4) is 0 Å². The topological polar surface area (TPSA) is 131 Å². The molecule has 0 aliphatic carbocycles. The number of amides is 1. The molecule has 1 unspecified atom stereocenters. The Bertz CT molecular complexity index is 535. The van der Waals surface area contributed by atoms with Gasteiger partial charge in [0, 0.05) is 6.54 Å². The van der Waals surface area contributed by atoms with Crippen molar-refractivity contribution < 1.29 is 37.9 Å². The Hall–Kier alpha value is -1.93. The van der Waals surface area contributed by atoms with Crippen molar-refractivity contribution in [2.24, 2.45) is 0 Å². The molecule has 0 radical (unpaired) electrons.